The molecule has 0 aliphatic rings. The molecule has 0 fully saturated rings. The largest absolute Gasteiger partial charge is 0.497 e. The maximum atomic E-state index is 5.14. The summed E-state index contributed by atoms with van der Waals surface area (Å²) >= 11 is 0. The normalized spacial score (nSPS) is 10.6. The van der Waals surface area contributed by atoms with Crippen LogP contribution in [0.2, 0.25) is 0 Å². The van der Waals surface area contributed by atoms with Crippen LogP contribution in [0.5, 0.6) is 5.75 Å². The molecule has 0 aliphatic heterocycles. The molecule has 19 heavy (non-hydrogen) atoms. The third-order valence-corrected chi connectivity index (χ3v) is 3.10. The van der Waals surface area contributed by atoms with Crippen LogP contribution >= 0.6 is 0 Å². The van der Waals surface area contributed by atoms with Gasteiger partial charge in [-0.15, -0.1) is 0 Å². The Morgan fingerprint density at radius 1 is 1.11 bits per heavy atom. The number of hydrogen-bond acceptors (Lipinski definition) is 3. The molecule has 1 N–H and O–H groups in total. The van der Waals surface area contributed by atoms with Crippen LogP contribution in [0.15, 0.2) is 36.7 Å². The van der Waals surface area contributed by atoms with Gasteiger partial charge < -0.3 is 10.1 Å². The second kappa shape index (κ2) is 6.95. The van der Waals surface area contributed by atoms with E-state index in [9.17, 15) is 0 Å². The van der Waals surface area contributed by atoms with Crippen molar-refractivity contribution in [2.75, 3.05) is 20.2 Å². The second-order valence-corrected chi connectivity index (χ2v) is 4.62. The van der Waals surface area contributed by atoms with Gasteiger partial charge in [-0.25, -0.2) is 0 Å². The molecule has 0 spiro atoms. The first-order valence-electron chi connectivity index (χ1n) is 6.59. The van der Waals surface area contributed by atoms with E-state index >= 15 is 0 Å². The lowest BCUT2D eigenvalue weighted by Crippen LogP contribution is -2.20. The van der Waals surface area contributed by atoms with Crippen molar-refractivity contribution in [2.45, 2.75) is 12.8 Å². The van der Waals surface area contributed by atoms with E-state index in [-0.39, 0.29) is 0 Å². The van der Waals surface area contributed by atoms with Gasteiger partial charge in [0.15, 0.2) is 0 Å². The molecule has 0 saturated carbocycles. The fourth-order valence-corrected chi connectivity index (χ4v) is 1.98. The zero-order chi connectivity index (χ0) is 13.5. The van der Waals surface area contributed by atoms with Crippen LogP contribution in [0.3, 0.4) is 0 Å². The molecule has 0 aliphatic carbocycles. The van der Waals surface area contributed by atoms with Gasteiger partial charge in [0.05, 0.1) is 13.3 Å². The highest BCUT2D eigenvalue weighted by atomic mass is 16.5. The molecule has 4 heteroatoms. The monoisotopic (exact) mass is 259 g/mol. The Kier molecular flexibility index (Phi) is 4.98. The zero-order valence-electron chi connectivity index (χ0n) is 11.6. The van der Waals surface area contributed by atoms with Gasteiger partial charge in [-0.3, -0.25) is 4.68 Å². The van der Waals surface area contributed by atoms with Crippen LogP contribution < -0.4 is 10.1 Å². The number of aromatic nitrogens is 2. The average molecular weight is 259 g/mol. The van der Waals surface area contributed by atoms with E-state index in [1.807, 2.05) is 30.1 Å². The van der Waals surface area contributed by atoms with Crippen molar-refractivity contribution in [2.24, 2.45) is 7.05 Å². The average Bonchev–Trinajstić information content (AvgIpc) is 2.85. The van der Waals surface area contributed by atoms with Crippen molar-refractivity contribution in [3.63, 3.8) is 0 Å². The molecule has 2 aromatic rings. The number of ether oxygens (including phenoxy) is 1. The summed E-state index contributed by atoms with van der Waals surface area (Å²) in [5.41, 5.74) is 2.61. The molecule has 1 heterocycles. The lowest BCUT2D eigenvalue weighted by molar-refractivity contribution is 0.414. The minimum atomic E-state index is 0.910. The van der Waals surface area contributed by atoms with E-state index in [2.05, 4.69) is 28.7 Å². The number of nitrogens with one attached hydrogen (secondary N) is 1. The molecule has 0 unspecified atom stereocenters. The van der Waals surface area contributed by atoms with E-state index in [4.69, 9.17) is 4.74 Å². The van der Waals surface area contributed by atoms with Gasteiger partial charge >= 0.3 is 0 Å². The van der Waals surface area contributed by atoms with Crippen molar-refractivity contribution in [1.29, 1.82) is 0 Å². The third-order valence-electron chi connectivity index (χ3n) is 3.10. The lowest BCUT2D eigenvalue weighted by Gasteiger charge is -2.05. The molecule has 1 aromatic heterocycles. The van der Waals surface area contributed by atoms with Crippen molar-refractivity contribution < 1.29 is 4.74 Å². The molecular weight excluding hydrogens is 238 g/mol. The molecule has 0 amide bonds. The van der Waals surface area contributed by atoms with Gasteiger partial charge in [-0.1, -0.05) is 12.1 Å². The molecular formula is C15H21N3O. The van der Waals surface area contributed by atoms with Gasteiger partial charge in [0.25, 0.3) is 0 Å². The summed E-state index contributed by atoms with van der Waals surface area (Å²) in [7, 11) is 3.63. The zero-order valence-corrected chi connectivity index (χ0v) is 11.6. The molecule has 0 bridgehead atoms. The molecule has 0 atom stereocenters. The Bertz CT molecular complexity index is 490. The van der Waals surface area contributed by atoms with Crippen LogP contribution in [0.4, 0.5) is 0 Å². The number of benzene rings is 1. The highest BCUT2D eigenvalue weighted by molar-refractivity contribution is 5.27. The number of aryl methyl sites for hydroxylation is 1. The summed E-state index contributed by atoms with van der Waals surface area (Å²) in [5.74, 6) is 0.910. The van der Waals surface area contributed by atoms with E-state index in [1.165, 1.54) is 11.1 Å². The van der Waals surface area contributed by atoms with Crippen LogP contribution in [-0.2, 0) is 19.9 Å². The molecule has 0 saturated heterocycles. The summed E-state index contributed by atoms with van der Waals surface area (Å²) in [6.07, 6.45) is 6.05. The van der Waals surface area contributed by atoms with Crippen LogP contribution in [0.1, 0.15) is 11.1 Å². The van der Waals surface area contributed by atoms with Crippen LogP contribution in [0, 0.1) is 0 Å². The van der Waals surface area contributed by atoms with Crippen molar-refractivity contribution in [1.82, 2.24) is 15.1 Å². The Labute approximate surface area is 114 Å². The number of hydrogen-bond donors (Lipinski definition) is 1. The Morgan fingerprint density at radius 2 is 1.79 bits per heavy atom. The minimum absolute atomic E-state index is 0.910. The first-order chi connectivity index (χ1) is 9.28. The first kappa shape index (κ1) is 13.6. The summed E-state index contributed by atoms with van der Waals surface area (Å²) < 4.78 is 6.98. The summed E-state index contributed by atoms with van der Waals surface area (Å²) in [4.78, 5) is 0. The molecule has 2 rings (SSSR count). The van der Waals surface area contributed by atoms with Crippen molar-refractivity contribution in [3.05, 3.63) is 47.8 Å². The highest BCUT2D eigenvalue weighted by Crippen LogP contribution is 2.11. The first-order valence-corrected chi connectivity index (χ1v) is 6.59. The quantitative estimate of drug-likeness (QED) is 0.771. The molecule has 0 radical (unpaired) electrons. The predicted molar refractivity (Wildman–Crippen MR) is 76.5 cm³/mol. The Hall–Kier alpha value is -1.81. The van der Waals surface area contributed by atoms with E-state index in [0.717, 1.165) is 31.7 Å². The minimum Gasteiger partial charge on any atom is -0.497 e. The predicted octanol–water partition coefficient (Wildman–Crippen LogP) is 1.80. The smallest absolute Gasteiger partial charge is 0.118 e. The molecule has 102 valence electrons. The van der Waals surface area contributed by atoms with E-state index in [0.29, 0.717) is 0 Å². The van der Waals surface area contributed by atoms with Crippen molar-refractivity contribution in [3.8, 4) is 5.75 Å². The third kappa shape index (κ3) is 4.41. The SMILES string of the molecule is COc1ccc(CCNCCc2cnn(C)c2)cc1. The molecule has 4 nitrogen and oxygen atoms in total. The van der Waals surface area contributed by atoms with Gasteiger partial charge in [0.1, 0.15) is 5.75 Å². The second-order valence-electron chi connectivity index (χ2n) is 4.62. The van der Waals surface area contributed by atoms with Gasteiger partial charge in [-0.2, -0.15) is 5.10 Å². The van der Waals surface area contributed by atoms with Gasteiger partial charge in [0.2, 0.25) is 0 Å². The van der Waals surface area contributed by atoms with E-state index in [1.54, 1.807) is 7.11 Å². The maximum absolute atomic E-state index is 5.14. The Morgan fingerprint density at radius 3 is 2.37 bits per heavy atom. The van der Waals surface area contributed by atoms with Gasteiger partial charge in [-0.05, 0) is 49.2 Å². The van der Waals surface area contributed by atoms with Crippen LogP contribution in [-0.4, -0.2) is 30.0 Å². The number of nitrogens with zero attached hydrogens (tertiary/aromatic N) is 2. The summed E-state index contributed by atoms with van der Waals surface area (Å²) in [6.45, 7) is 1.98. The Balaban J connectivity index is 1.63. The standard InChI is InChI=1S/C15H21N3O/c1-18-12-14(11-17-18)8-10-16-9-7-13-3-5-15(19-2)6-4-13/h3-6,11-12,16H,7-10H2,1-2H3. The maximum Gasteiger partial charge on any atom is 0.118 e. The summed E-state index contributed by atoms with van der Waals surface area (Å²) in [5, 5.41) is 7.61. The number of methoxy groups -OCH3 is 1. The topological polar surface area (TPSA) is 39.1 Å². The molecule has 1 aromatic carbocycles. The van der Waals surface area contributed by atoms with E-state index < -0.39 is 0 Å². The summed E-state index contributed by atoms with van der Waals surface area (Å²) in [6, 6.07) is 8.24. The fourth-order valence-electron chi connectivity index (χ4n) is 1.98. The van der Waals surface area contributed by atoms with Crippen molar-refractivity contribution >= 4 is 0 Å². The number of rotatable bonds is 7. The highest BCUT2D eigenvalue weighted by Gasteiger charge is 1.97. The van der Waals surface area contributed by atoms with Gasteiger partial charge in [0, 0.05) is 13.2 Å². The van der Waals surface area contributed by atoms with Crippen LogP contribution in [0.25, 0.3) is 0 Å². The lowest BCUT2D eigenvalue weighted by atomic mass is 10.1. The fraction of sp³-hybridized carbons (Fsp3) is 0.400.